The molecule has 1 saturated heterocycles. The monoisotopic (exact) mass is 499 g/mol. The van der Waals surface area contributed by atoms with Gasteiger partial charge in [0.2, 0.25) is 0 Å². The Bertz CT molecular complexity index is 1130. The fraction of sp³-hybridized carbons (Fsp3) is 0.174. The Morgan fingerprint density at radius 3 is 2.42 bits per heavy atom. The molecule has 1 fully saturated rings. The molecule has 4 rings (SSSR count). The van der Waals surface area contributed by atoms with Crippen molar-refractivity contribution < 1.29 is 14.7 Å². The average molecular weight is 501 g/mol. The number of aliphatic hydroxyl groups excluding tert-OH is 1. The van der Waals surface area contributed by atoms with Crippen molar-refractivity contribution in [1.82, 2.24) is 14.5 Å². The molecule has 3 aromatic rings. The van der Waals surface area contributed by atoms with E-state index >= 15 is 0 Å². The van der Waals surface area contributed by atoms with Crippen molar-refractivity contribution in [2.75, 3.05) is 6.54 Å². The van der Waals surface area contributed by atoms with E-state index in [4.69, 9.17) is 11.6 Å². The van der Waals surface area contributed by atoms with Crippen molar-refractivity contribution >= 4 is 45.0 Å². The van der Waals surface area contributed by atoms with Gasteiger partial charge < -0.3 is 14.6 Å². The summed E-state index contributed by atoms with van der Waals surface area (Å²) in [5.41, 5.74) is 1.26. The number of hydrogen-bond acceptors (Lipinski definition) is 4. The Morgan fingerprint density at radius 2 is 1.77 bits per heavy atom. The summed E-state index contributed by atoms with van der Waals surface area (Å²) >= 11 is 9.40. The quantitative estimate of drug-likeness (QED) is 0.299. The van der Waals surface area contributed by atoms with Crippen molar-refractivity contribution in [3.63, 3.8) is 0 Å². The normalized spacial score (nSPS) is 18.0. The molecule has 31 heavy (non-hydrogen) atoms. The zero-order valence-electron chi connectivity index (χ0n) is 16.4. The predicted octanol–water partition coefficient (Wildman–Crippen LogP) is 4.81. The number of nitrogens with zero attached hydrogens (tertiary/aromatic N) is 3. The van der Waals surface area contributed by atoms with Crippen molar-refractivity contribution in [1.29, 1.82) is 0 Å². The Labute approximate surface area is 192 Å². The van der Waals surface area contributed by atoms with E-state index in [0.717, 1.165) is 4.47 Å². The van der Waals surface area contributed by atoms with Gasteiger partial charge in [0.25, 0.3) is 11.7 Å². The molecule has 0 bridgehead atoms. The average Bonchev–Trinajstić information content (AvgIpc) is 3.37. The smallest absolute Gasteiger partial charge is 0.295 e. The van der Waals surface area contributed by atoms with Gasteiger partial charge in [0, 0.05) is 40.5 Å². The number of hydrogen-bond donors (Lipinski definition) is 1. The molecule has 0 radical (unpaired) electrons. The maximum absolute atomic E-state index is 13.0. The highest BCUT2D eigenvalue weighted by Crippen LogP contribution is 2.39. The van der Waals surface area contributed by atoms with Gasteiger partial charge in [-0.2, -0.15) is 0 Å². The van der Waals surface area contributed by atoms with Crippen LogP contribution in [0.5, 0.6) is 0 Å². The molecular formula is C23H19BrClN3O3. The molecule has 1 amide bonds. The lowest BCUT2D eigenvalue weighted by atomic mass is 9.95. The number of halogens is 2. The highest BCUT2D eigenvalue weighted by Gasteiger charge is 2.45. The lowest BCUT2D eigenvalue weighted by Gasteiger charge is -2.25. The summed E-state index contributed by atoms with van der Waals surface area (Å²) in [4.78, 5) is 31.4. The first-order valence-corrected chi connectivity index (χ1v) is 10.9. The van der Waals surface area contributed by atoms with Gasteiger partial charge in [0.05, 0.1) is 17.9 Å². The summed E-state index contributed by atoms with van der Waals surface area (Å²) in [5.74, 6) is -1.50. The van der Waals surface area contributed by atoms with Gasteiger partial charge in [0.1, 0.15) is 5.76 Å². The summed E-state index contributed by atoms with van der Waals surface area (Å²) < 4.78 is 2.76. The number of benzene rings is 2. The van der Waals surface area contributed by atoms with Crippen LogP contribution in [0.3, 0.4) is 0 Å². The summed E-state index contributed by atoms with van der Waals surface area (Å²) in [6.45, 7) is 1.01. The fourth-order valence-electron chi connectivity index (χ4n) is 3.71. The minimum Gasteiger partial charge on any atom is -0.507 e. The first-order chi connectivity index (χ1) is 15.0. The van der Waals surface area contributed by atoms with Crippen LogP contribution in [0.4, 0.5) is 0 Å². The van der Waals surface area contributed by atoms with E-state index < -0.39 is 17.7 Å². The highest BCUT2D eigenvalue weighted by molar-refractivity contribution is 9.10. The van der Waals surface area contributed by atoms with E-state index in [1.807, 2.05) is 10.8 Å². The lowest BCUT2D eigenvalue weighted by Crippen LogP contribution is -2.31. The third kappa shape index (κ3) is 4.43. The Balaban J connectivity index is 1.72. The summed E-state index contributed by atoms with van der Waals surface area (Å²) in [6.07, 6.45) is 5.88. The lowest BCUT2D eigenvalue weighted by molar-refractivity contribution is -0.139. The number of aliphatic hydroxyl groups is 1. The molecule has 1 aromatic heterocycles. The molecule has 8 heteroatoms. The number of carbonyl (C=O) groups excluding carboxylic acids is 2. The van der Waals surface area contributed by atoms with Gasteiger partial charge in [-0.1, -0.05) is 51.8 Å². The predicted molar refractivity (Wildman–Crippen MR) is 121 cm³/mol. The highest BCUT2D eigenvalue weighted by atomic mass is 79.9. The second-order valence-corrected chi connectivity index (χ2v) is 8.56. The number of ketones is 1. The van der Waals surface area contributed by atoms with Crippen LogP contribution >= 0.6 is 27.5 Å². The standard InChI is InChI=1S/C23H19BrClN3O3/c24-17-6-2-16(3-7-17)21(29)19-20(15-4-8-18(25)9-5-15)28(23(31)22(19)30)12-1-11-27-13-10-26-14-27/h2-10,13-14,20,29H,1,11-12H2/b21-19+/t20-/m1/s1. The minimum absolute atomic E-state index is 0.0808. The zero-order chi connectivity index (χ0) is 22.0. The fourth-order valence-corrected chi connectivity index (χ4v) is 4.10. The van der Waals surface area contributed by atoms with Crippen LogP contribution in [-0.4, -0.2) is 37.8 Å². The molecule has 0 spiro atoms. The Kier molecular flexibility index (Phi) is 6.25. The van der Waals surface area contributed by atoms with E-state index in [-0.39, 0.29) is 11.3 Å². The van der Waals surface area contributed by atoms with Gasteiger partial charge >= 0.3 is 0 Å². The molecule has 0 aliphatic carbocycles. The molecule has 6 nitrogen and oxygen atoms in total. The second-order valence-electron chi connectivity index (χ2n) is 7.20. The van der Waals surface area contributed by atoms with E-state index in [9.17, 15) is 14.7 Å². The van der Waals surface area contributed by atoms with Crippen LogP contribution in [-0.2, 0) is 16.1 Å². The van der Waals surface area contributed by atoms with Crippen molar-refractivity contribution in [2.45, 2.75) is 19.0 Å². The number of carbonyl (C=O) groups is 2. The molecule has 1 atom stereocenters. The summed E-state index contributed by atoms with van der Waals surface area (Å²) in [5, 5.41) is 11.6. The van der Waals surface area contributed by atoms with Gasteiger partial charge in [-0.3, -0.25) is 9.59 Å². The second kappa shape index (κ2) is 9.08. The number of likely N-dealkylation sites (tertiary alicyclic amines) is 1. The van der Waals surface area contributed by atoms with Gasteiger partial charge in [-0.05, 0) is 36.2 Å². The third-order valence-corrected chi connectivity index (χ3v) is 6.00. The summed E-state index contributed by atoms with van der Waals surface area (Å²) in [7, 11) is 0. The topological polar surface area (TPSA) is 75.4 Å². The van der Waals surface area contributed by atoms with Crippen LogP contribution < -0.4 is 0 Å². The van der Waals surface area contributed by atoms with Crippen LogP contribution in [0.1, 0.15) is 23.6 Å². The van der Waals surface area contributed by atoms with E-state index in [0.29, 0.717) is 35.7 Å². The maximum Gasteiger partial charge on any atom is 0.295 e. The van der Waals surface area contributed by atoms with Gasteiger partial charge in [-0.25, -0.2) is 4.98 Å². The van der Waals surface area contributed by atoms with Gasteiger partial charge in [0.15, 0.2) is 0 Å². The first-order valence-electron chi connectivity index (χ1n) is 9.71. The molecule has 1 N–H and O–H groups in total. The van der Waals surface area contributed by atoms with Crippen LogP contribution in [0.2, 0.25) is 5.02 Å². The molecular weight excluding hydrogens is 482 g/mol. The molecule has 0 unspecified atom stereocenters. The van der Waals surface area contributed by atoms with E-state index in [2.05, 4.69) is 20.9 Å². The molecule has 158 valence electrons. The molecule has 1 aliphatic rings. The van der Waals surface area contributed by atoms with Crippen LogP contribution in [0.25, 0.3) is 5.76 Å². The van der Waals surface area contributed by atoms with E-state index in [1.54, 1.807) is 61.1 Å². The van der Waals surface area contributed by atoms with Crippen molar-refractivity contribution in [3.05, 3.63) is 93.4 Å². The number of aromatic nitrogens is 2. The van der Waals surface area contributed by atoms with Crippen molar-refractivity contribution in [3.8, 4) is 0 Å². The number of amides is 1. The Morgan fingerprint density at radius 1 is 1.06 bits per heavy atom. The maximum atomic E-state index is 13.0. The minimum atomic E-state index is -0.692. The van der Waals surface area contributed by atoms with Crippen LogP contribution in [0, 0.1) is 0 Å². The van der Waals surface area contributed by atoms with E-state index in [1.165, 1.54) is 4.90 Å². The van der Waals surface area contributed by atoms with Gasteiger partial charge in [-0.15, -0.1) is 0 Å². The largest absolute Gasteiger partial charge is 0.507 e. The molecule has 1 aliphatic heterocycles. The first kappa shape index (κ1) is 21.3. The third-order valence-electron chi connectivity index (χ3n) is 5.22. The summed E-state index contributed by atoms with van der Waals surface area (Å²) in [6, 6.07) is 13.2. The van der Waals surface area contributed by atoms with Crippen LogP contribution in [0.15, 0.2) is 77.3 Å². The number of rotatable bonds is 6. The number of imidazole rings is 1. The number of Topliss-reactive ketones (excluding diaryl/α,β-unsaturated/α-hetero) is 1. The van der Waals surface area contributed by atoms with Crippen molar-refractivity contribution in [2.24, 2.45) is 0 Å². The SMILES string of the molecule is O=C1C(=O)N(CCCn2ccnc2)[C@H](c2ccc(Cl)cc2)/C1=C(\O)c1ccc(Br)cc1. The molecule has 2 aromatic carbocycles. The Hall–Kier alpha value is -2.90. The number of aryl methyl sites for hydroxylation is 1. The molecule has 0 saturated carbocycles. The molecule has 2 heterocycles. The zero-order valence-corrected chi connectivity index (χ0v) is 18.8.